The molecule has 1 aromatic heterocycles. The van der Waals surface area contributed by atoms with E-state index in [4.69, 9.17) is 15.2 Å². The van der Waals surface area contributed by atoms with Gasteiger partial charge in [0.25, 0.3) is 0 Å². The maximum Gasteiger partial charge on any atom is 0.320 e. The van der Waals surface area contributed by atoms with Crippen LogP contribution in [-0.2, 0) is 4.74 Å². The summed E-state index contributed by atoms with van der Waals surface area (Å²) >= 11 is 0. The van der Waals surface area contributed by atoms with Gasteiger partial charge in [0.1, 0.15) is 11.6 Å². The Balaban J connectivity index is 1.59. The Morgan fingerprint density at radius 1 is 1.23 bits per heavy atom. The second-order valence-electron chi connectivity index (χ2n) is 5.22. The summed E-state index contributed by atoms with van der Waals surface area (Å²) < 4.78 is 11.0. The molecule has 3 heterocycles. The first-order valence-electron chi connectivity index (χ1n) is 7.63. The molecule has 2 aliphatic rings. The molecular formula is C15H21N5O2. The lowest BCUT2D eigenvalue weighted by molar-refractivity contribution is 0.122. The summed E-state index contributed by atoms with van der Waals surface area (Å²) in [6.07, 6.45) is 6.91. The first-order chi connectivity index (χ1) is 10.8. The van der Waals surface area contributed by atoms with Gasteiger partial charge in [-0.2, -0.15) is 9.97 Å². The van der Waals surface area contributed by atoms with E-state index in [1.54, 1.807) is 6.07 Å². The van der Waals surface area contributed by atoms with Crippen LogP contribution in [0.2, 0.25) is 0 Å². The number of allylic oxidation sites excluding steroid dienone is 1. The zero-order valence-corrected chi connectivity index (χ0v) is 12.6. The minimum Gasteiger partial charge on any atom is -0.463 e. The third-order valence-corrected chi connectivity index (χ3v) is 3.57. The number of nitrogens with two attached hydrogens (primary N) is 1. The smallest absolute Gasteiger partial charge is 0.320 e. The molecule has 118 valence electrons. The second-order valence-corrected chi connectivity index (χ2v) is 5.22. The van der Waals surface area contributed by atoms with Crippen molar-refractivity contribution in [2.75, 3.05) is 43.5 Å². The van der Waals surface area contributed by atoms with E-state index in [2.05, 4.69) is 25.9 Å². The summed E-state index contributed by atoms with van der Waals surface area (Å²) in [6.45, 7) is 3.50. The highest BCUT2D eigenvalue weighted by molar-refractivity contribution is 5.60. The van der Waals surface area contributed by atoms with Gasteiger partial charge in [-0.15, -0.1) is 0 Å². The number of morpholine rings is 1. The number of hydrogen-bond donors (Lipinski definition) is 1. The van der Waals surface area contributed by atoms with Crippen LogP contribution in [0.3, 0.4) is 0 Å². The first-order valence-corrected chi connectivity index (χ1v) is 7.63. The number of rotatable bonds is 5. The Bertz CT molecular complexity index is 567. The van der Waals surface area contributed by atoms with Crippen molar-refractivity contribution in [2.24, 2.45) is 4.99 Å². The molecule has 7 heteroatoms. The van der Waals surface area contributed by atoms with Gasteiger partial charge in [0, 0.05) is 37.5 Å². The van der Waals surface area contributed by atoms with E-state index in [9.17, 15) is 0 Å². The first kappa shape index (κ1) is 14.8. The molecular weight excluding hydrogens is 282 g/mol. The van der Waals surface area contributed by atoms with Crippen LogP contribution in [0.4, 0.5) is 11.6 Å². The van der Waals surface area contributed by atoms with Crippen molar-refractivity contribution in [3.8, 4) is 6.01 Å². The summed E-state index contributed by atoms with van der Waals surface area (Å²) in [7, 11) is 0. The molecule has 22 heavy (non-hydrogen) atoms. The highest BCUT2D eigenvalue weighted by atomic mass is 16.5. The van der Waals surface area contributed by atoms with E-state index < -0.39 is 0 Å². The Labute approximate surface area is 129 Å². The van der Waals surface area contributed by atoms with Crippen LogP contribution in [-0.4, -0.2) is 49.1 Å². The average Bonchev–Trinajstić information content (AvgIpc) is 2.56. The van der Waals surface area contributed by atoms with Gasteiger partial charge in [0.15, 0.2) is 0 Å². The van der Waals surface area contributed by atoms with Gasteiger partial charge in [-0.1, -0.05) is 6.08 Å². The van der Waals surface area contributed by atoms with E-state index in [0.29, 0.717) is 31.6 Å². The highest BCUT2D eigenvalue weighted by Gasteiger charge is 2.15. The van der Waals surface area contributed by atoms with Crippen molar-refractivity contribution >= 4 is 17.9 Å². The van der Waals surface area contributed by atoms with Crippen LogP contribution in [0, 0.1) is 0 Å². The lowest BCUT2D eigenvalue weighted by atomic mass is 10.2. The standard InChI is InChI=1S/C15H21N5O2/c16-13-11-14(20-6-9-21-10-7-20)19-15(18-13)22-8-4-12-3-1-2-5-17-12/h3,5,11H,1-2,4,6-10H2,(H2,16,18,19). The minimum atomic E-state index is 0.321. The van der Waals surface area contributed by atoms with Crippen molar-refractivity contribution in [3.63, 3.8) is 0 Å². The molecule has 0 aliphatic carbocycles. The van der Waals surface area contributed by atoms with Crippen LogP contribution in [0.1, 0.15) is 19.3 Å². The zero-order chi connectivity index (χ0) is 15.2. The van der Waals surface area contributed by atoms with E-state index in [-0.39, 0.29) is 0 Å². The van der Waals surface area contributed by atoms with E-state index in [1.165, 1.54) is 0 Å². The molecule has 3 rings (SSSR count). The predicted molar refractivity (Wildman–Crippen MR) is 85.4 cm³/mol. The van der Waals surface area contributed by atoms with Crippen LogP contribution in [0.25, 0.3) is 0 Å². The molecule has 2 aliphatic heterocycles. The molecule has 0 bridgehead atoms. The van der Waals surface area contributed by atoms with Crippen molar-refractivity contribution in [1.29, 1.82) is 0 Å². The molecule has 0 atom stereocenters. The molecule has 0 amide bonds. The minimum absolute atomic E-state index is 0.321. The fraction of sp³-hybridized carbons (Fsp3) is 0.533. The molecule has 1 saturated heterocycles. The lowest BCUT2D eigenvalue weighted by Crippen LogP contribution is -2.36. The molecule has 0 aromatic carbocycles. The number of ether oxygens (including phenoxy) is 2. The number of nitrogen functional groups attached to an aromatic ring is 1. The summed E-state index contributed by atoms with van der Waals surface area (Å²) in [5, 5.41) is 0. The predicted octanol–water partition coefficient (Wildman–Crippen LogP) is 1.41. The fourth-order valence-electron chi connectivity index (χ4n) is 2.42. The van der Waals surface area contributed by atoms with Gasteiger partial charge in [-0.25, -0.2) is 0 Å². The topological polar surface area (TPSA) is 85.9 Å². The van der Waals surface area contributed by atoms with E-state index >= 15 is 0 Å². The van der Waals surface area contributed by atoms with Gasteiger partial charge >= 0.3 is 6.01 Å². The van der Waals surface area contributed by atoms with Crippen LogP contribution >= 0.6 is 0 Å². The van der Waals surface area contributed by atoms with Crippen molar-refractivity contribution in [2.45, 2.75) is 19.3 Å². The molecule has 0 unspecified atom stereocenters. The van der Waals surface area contributed by atoms with Crippen LogP contribution in [0.15, 0.2) is 22.8 Å². The molecule has 0 saturated carbocycles. The van der Waals surface area contributed by atoms with Gasteiger partial charge in [0.2, 0.25) is 0 Å². The average molecular weight is 303 g/mol. The number of nitrogens with zero attached hydrogens (tertiary/aromatic N) is 4. The Morgan fingerprint density at radius 3 is 2.86 bits per heavy atom. The Morgan fingerprint density at radius 2 is 2.09 bits per heavy atom. The summed E-state index contributed by atoms with van der Waals surface area (Å²) in [6, 6.07) is 2.09. The Hall–Kier alpha value is -2.15. The largest absolute Gasteiger partial charge is 0.463 e. The van der Waals surface area contributed by atoms with Gasteiger partial charge in [-0.05, 0) is 12.8 Å². The molecule has 0 spiro atoms. The quantitative estimate of drug-likeness (QED) is 0.885. The Kier molecular flexibility index (Phi) is 4.85. The van der Waals surface area contributed by atoms with Crippen LogP contribution in [0.5, 0.6) is 6.01 Å². The fourth-order valence-corrected chi connectivity index (χ4v) is 2.42. The normalized spacial score (nSPS) is 18.2. The van der Waals surface area contributed by atoms with E-state index in [0.717, 1.165) is 43.9 Å². The maximum absolute atomic E-state index is 5.86. The third-order valence-electron chi connectivity index (χ3n) is 3.57. The van der Waals surface area contributed by atoms with Crippen molar-refractivity contribution in [1.82, 2.24) is 9.97 Å². The SMILES string of the molecule is Nc1cc(N2CCOCC2)nc(OCCC2=CCCC=N2)n1. The third kappa shape index (κ3) is 3.94. The molecule has 7 nitrogen and oxygen atoms in total. The highest BCUT2D eigenvalue weighted by Crippen LogP contribution is 2.19. The number of aromatic nitrogens is 2. The van der Waals surface area contributed by atoms with Gasteiger partial charge < -0.3 is 20.1 Å². The monoisotopic (exact) mass is 303 g/mol. The van der Waals surface area contributed by atoms with Gasteiger partial charge in [0.05, 0.1) is 19.8 Å². The van der Waals surface area contributed by atoms with Crippen LogP contribution < -0.4 is 15.4 Å². The van der Waals surface area contributed by atoms with Gasteiger partial charge in [-0.3, -0.25) is 4.99 Å². The number of anilines is 2. The number of aliphatic imine (C=N–C) groups is 1. The van der Waals surface area contributed by atoms with Crippen molar-refractivity contribution in [3.05, 3.63) is 17.8 Å². The molecule has 2 N–H and O–H groups in total. The summed E-state index contributed by atoms with van der Waals surface area (Å²) in [5.74, 6) is 1.21. The second kappa shape index (κ2) is 7.22. The summed E-state index contributed by atoms with van der Waals surface area (Å²) in [4.78, 5) is 15.0. The molecule has 1 aromatic rings. The van der Waals surface area contributed by atoms with E-state index in [1.807, 2.05) is 6.21 Å². The summed E-state index contributed by atoms with van der Waals surface area (Å²) in [5.41, 5.74) is 6.92. The lowest BCUT2D eigenvalue weighted by Gasteiger charge is -2.27. The molecule has 0 radical (unpaired) electrons. The number of hydrogen-bond acceptors (Lipinski definition) is 7. The molecule has 1 fully saturated rings. The maximum atomic E-state index is 5.86. The van der Waals surface area contributed by atoms with Crippen molar-refractivity contribution < 1.29 is 9.47 Å². The zero-order valence-electron chi connectivity index (χ0n) is 12.6.